The Balaban J connectivity index is 2.33. The minimum absolute atomic E-state index is 0.243. The smallest absolute Gasteiger partial charge is 0.0639 e. The lowest BCUT2D eigenvalue weighted by molar-refractivity contribution is 0.0699. The lowest BCUT2D eigenvalue weighted by Crippen LogP contribution is -2.41. The third-order valence-corrected chi connectivity index (χ3v) is 2.96. The topological polar surface area (TPSA) is 32.7 Å². The fraction of sp³-hybridized carbons (Fsp3) is 1.00. The molecule has 1 aliphatic carbocycles. The highest BCUT2D eigenvalue weighted by molar-refractivity contribution is 4.85. The Kier molecular flexibility index (Phi) is 4.85. The number of nitrogens with zero attached hydrogens (tertiary/aromatic N) is 1. The van der Waals surface area contributed by atoms with Gasteiger partial charge in [-0.1, -0.05) is 0 Å². The molecular weight excluding hydrogens is 178 g/mol. The van der Waals surface area contributed by atoms with Gasteiger partial charge < -0.3 is 9.84 Å². The number of ether oxygens (including phenoxy) is 1. The molecule has 1 fully saturated rings. The van der Waals surface area contributed by atoms with E-state index in [-0.39, 0.29) is 6.10 Å². The van der Waals surface area contributed by atoms with Crippen LogP contribution in [0.15, 0.2) is 0 Å². The van der Waals surface area contributed by atoms with E-state index in [1.807, 2.05) is 6.92 Å². The summed E-state index contributed by atoms with van der Waals surface area (Å²) in [5.74, 6) is 0.852. The Morgan fingerprint density at radius 3 is 2.50 bits per heavy atom. The van der Waals surface area contributed by atoms with Crippen LogP contribution < -0.4 is 0 Å². The van der Waals surface area contributed by atoms with Crippen LogP contribution in [0.2, 0.25) is 0 Å². The van der Waals surface area contributed by atoms with Gasteiger partial charge in [0.1, 0.15) is 0 Å². The van der Waals surface area contributed by atoms with E-state index in [1.165, 1.54) is 12.8 Å². The van der Waals surface area contributed by atoms with E-state index in [1.54, 1.807) is 7.11 Å². The van der Waals surface area contributed by atoms with Crippen LogP contribution >= 0.6 is 0 Å². The molecule has 0 spiro atoms. The van der Waals surface area contributed by atoms with Crippen molar-refractivity contribution in [1.29, 1.82) is 0 Å². The standard InChI is InChI=1S/C11H23NO2/c1-9(13)8-12(6-7-14-3)10(2)11-4-5-11/h9-11,13H,4-8H2,1-3H3/t9-,10?/m1/s1. The third kappa shape index (κ3) is 3.95. The molecule has 0 heterocycles. The molecule has 0 amide bonds. The zero-order valence-electron chi connectivity index (χ0n) is 9.57. The van der Waals surface area contributed by atoms with Crippen LogP contribution in [-0.4, -0.2) is 49.0 Å². The molecular formula is C11H23NO2. The van der Waals surface area contributed by atoms with Gasteiger partial charge in [0.2, 0.25) is 0 Å². The summed E-state index contributed by atoms with van der Waals surface area (Å²) in [5.41, 5.74) is 0. The monoisotopic (exact) mass is 201 g/mol. The first-order chi connectivity index (χ1) is 6.65. The molecule has 0 aromatic heterocycles. The van der Waals surface area contributed by atoms with Crippen molar-refractivity contribution in [3.05, 3.63) is 0 Å². The predicted octanol–water partition coefficient (Wildman–Crippen LogP) is 1.11. The first kappa shape index (κ1) is 12.0. The zero-order chi connectivity index (χ0) is 10.6. The Morgan fingerprint density at radius 2 is 2.07 bits per heavy atom. The molecule has 3 nitrogen and oxygen atoms in total. The molecule has 1 saturated carbocycles. The normalized spacial score (nSPS) is 21.2. The second-order valence-electron chi connectivity index (χ2n) is 4.41. The van der Waals surface area contributed by atoms with E-state index >= 15 is 0 Å². The first-order valence-electron chi connectivity index (χ1n) is 5.56. The summed E-state index contributed by atoms with van der Waals surface area (Å²) < 4.78 is 5.08. The summed E-state index contributed by atoms with van der Waals surface area (Å²) >= 11 is 0. The lowest BCUT2D eigenvalue weighted by Gasteiger charge is -2.29. The Labute approximate surface area is 87.1 Å². The molecule has 0 aromatic rings. The van der Waals surface area contributed by atoms with E-state index < -0.39 is 0 Å². The van der Waals surface area contributed by atoms with Gasteiger partial charge in [0.15, 0.2) is 0 Å². The van der Waals surface area contributed by atoms with Gasteiger partial charge in [0.25, 0.3) is 0 Å². The van der Waals surface area contributed by atoms with Crippen LogP contribution in [0, 0.1) is 5.92 Å². The highest BCUT2D eigenvalue weighted by atomic mass is 16.5. The largest absolute Gasteiger partial charge is 0.392 e. The van der Waals surface area contributed by atoms with Crippen LogP contribution in [0.25, 0.3) is 0 Å². The number of aliphatic hydroxyl groups excluding tert-OH is 1. The predicted molar refractivity (Wildman–Crippen MR) is 57.3 cm³/mol. The summed E-state index contributed by atoms with van der Waals surface area (Å²) in [5, 5.41) is 9.39. The van der Waals surface area contributed by atoms with Gasteiger partial charge in [-0.3, -0.25) is 4.90 Å². The summed E-state index contributed by atoms with van der Waals surface area (Å²) in [6.45, 7) is 6.55. The van der Waals surface area contributed by atoms with E-state index in [9.17, 15) is 5.11 Å². The number of methoxy groups -OCH3 is 1. The molecule has 0 aliphatic heterocycles. The third-order valence-electron chi connectivity index (χ3n) is 2.96. The molecule has 0 bridgehead atoms. The fourth-order valence-corrected chi connectivity index (χ4v) is 1.89. The Hall–Kier alpha value is -0.120. The summed E-state index contributed by atoms with van der Waals surface area (Å²) in [7, 11) is 1.72. The van der Waals surface area contributed by atoms with Gasteiger partial charge in [0, 0.05) is 26.2 Å². The molecule has 84 valence electrons. The highest BCUT2D eigenvalue weighted by Gasteiger charge is 2.31. The maximum Gasteiger partial charge on any atom is 0.0639 e. The van der Waals surface area contributed by atoms with Crippen LogP contribution in [0.3, 0.4) is 0 Å². The van der Waals surface area contributed by atoms with Crippen molar-refractivity contribution in [2.45, 2.75) is 38.8 Å². The molecule has 3 heteroatoms. The molecule has 1 unspecified atom stereocenters. The summed E-state index contributed by atoms with van der Waals surface area (Å²) in [6, 6.07) is 0.597. The minimum atomic E-state index is -0.243. The van der Waals surface area contributed by atoms with Gasteiger partial charge in [0.05, 0.1) is 12.7 Å². The van der Waals surface area contributed by atoms with E-state index in [4.69, 9.17) is 4.74 Å². The fourth-order valence-electron chi connectivity index (χ4n) is 1.89. The molecule has 1 aliphatic rings. The van der Waals surface area contributed by atoms with Crippen molar-refractivity contribution in [1.82, 2.24) is 4.90 Å². The van der Waals surface area contributed by atoms with Crippen molar-refractivity contribution in [3.8, 4) is 0 Å². The lowest BCUT2D eigenvalue weighted by atomic mass is 10.1. The van der Waals surface area contributed by atoms with Gasteiger partial charge in [-0.05, 0) is 32.6 Å². The van der Waals surface area contributed by atoms with Gasteiger partial charge >= 0.3 is 0 Å². The van der Waals surface area contributed by atoms with Gasteiger partial charge in [-0.2, -0.15) is 0 Å². The van der Waals surface area contributed by atoms with Crippen molar-refractivity contribution >= 4 is 0 Å². The summed E-state index contributed by atoms with van der Waals surface area (Å²) in [4.78, 5) is 2.34. The second kappa shape index (κ2) is 5.69. The van der Waals surface area contributed by atoms with E-state index in [0.717, 1.165) is 25.6 Å². The molecule has 0 aromatic carbocycles. The van der Waals surface area contributed by atoms with Crippen LogP contribution in [0.4, 0.5) is 0 Å². The van der Waals surface area contributed by atoms with Crippen molar-refractivity contribution in [3.63, 3.8) is 0 Å². The second-order valence-corrected chi connectivity index (χ2v) is 4.41. The number of hydrogen-bond donors (Lipinski definition) is 1. The molecule has 1 rings (SSSR count). The Bertz CT molecular complexity index is 157. The van der Waals surface area contributed by atoms with Crippen molar-refractivity contribution in [2.75, 3.05) is 26.8 Å². The average Bonchev–Trinajstić information content (AvgIpc) is 2.93. The van der Waals surface area contributed by atoms with Crippen molar-refractivity contribution in [2.24, 2.45) is 5.92 Å². The number of rotatable bonds is 7. The number of aliphatic hydroxyl groups is 1. The highest BCUT2D eigenvalue weighted by Crippen LogP contribution is 2.35. The maximum absolute atomic E-state index is 9.39. The van der Waals surface area contributed by atoms with Gasteiger partial charge in [-0.25, -0.2) is 0 Å². The zero-order valence-corrected chi connectivity index (χ0v) is 9.57. The van der Waals surface area contributed by atoms with Crippen LogP contribution in [0.1, 0.15) is 26.7 Å². The SMILES string of the molecule is COCCN(C[C@@H](C)O)C(C)C1CC1. The summed E-state index contributed by atoms with van der Waals surface area (Å²) in [6.07, 6.45) is 2.46. The van der Waals surface area contributed by atoms with Crippen molar-refractivity contribution < 1.29 is 9.84 Å². The number of hydrogen-bond acceptors (Lipinski definition) is 3. The first-order valence-corrected chi connectivity index (χ1v) is 5.56. The Morgan fingerprint density at radius 1 is 1.43 bits per heavy atom. The molecule has 1 N–H and O–H groups in total. The quantitative estimate of drug-likeness (QED) is 0.670. The van der Waals surface area contributed by atoms with Gasteiger partial charge in [-0.15, -0.1) is 0 Å². The van der Waals surface area contributed by atoms with E-state index in [0.29, 0.717) is 6.04 Å². The molecule has 2 atom stereocenters. The molecule has 14 heavy (non-hydrogen) atoms. The van der Waals surface area contributed by atoms with Crippen LogP contribution in [-0.2, 0) is 4.74 Å². The minimum Gasteiger partial charge on any atom is -0.392 e. The van der Waals surface area contributed by atoms with E-state index in [2.05, 4.69) is 11.8 Å². The average molecular weight is 201 g/mol. The van der Waals surface area contributed by atoms with Crippen LogP contribution in [0.5, 0.6) is 0 Å². The molecule has 0 saturated heterocycles. The molecule has 0 radical (unpaired) electrons. The maximum atomic E-state index is 9.39.